The number of hydrogen-bond donors (Lipinski definition) is 1. The van der Waals surface area contributed by atoms with E-state index in [0.29, 0.717) is 11.1 Å². The Hall–Kier alpha value is -0.240. The fraction of sp³-hybridized carbons (Fsp3) is 0.625. The Kier molecular flexibility index (Phi) is 5.56. The van der Waals surface area contributed by atoms with Gasteiger partial charge in [-0.25, -0.2) is 0 Å². The normalized spacial score (nSPS) is 27.5. The fourth-order valence-corrected chi connectivity index (χ4v) is 3.44. The Labute approximate surface area is 126 Å². The van der Waals surface area contributed by atoms with E-state index in [0.717, 1.165) is 29.8 Å². The molecule has 3 atom stereocenters. The van der Waals surface area contributed by atoms with Crippen molar-refractivity contribution >= 4 is 23.2 Å². The summed E-state index contributed by atoms with van der Waals surface area (Å²) in [5, 5.41) is 5.18. The van der Waals surface area contributed by atoms with Crippen LogP contribution < -0.4 is 5.32 Å². The summed E-state index contributed by atoms with van der Waals surface area (Å²) in [7, 11) is 0. The summed E-state index contributed by atoms with van der Waals surface area (Å²) in [5.41, 5.74) is 1.18. The Bertz CT molecular complexity index is 419. The molecule has 1 N–H and O–H groups in total. The number of rotatable bonds is 4. The molecule has 1 aliphatic rings. The van der Waals surface area contributed by atoms with Crippen molar-refractivity contribution in [2.24, 2.45) is 11.8 Å². The zero-order chi connectivity index (χ0) is 13.8. The highest BCUT2D eigenvalue weighted by Crippen LogP contribution is 2.28. The molecule has 0 aliphatic heterocycles. The van der Waals surface area contributed by atoms with Crippen LogP contribution in [0.2, 0.25) is 10.0 Å². The van der Waals surface area contributed by atoms with Crippen LogP contribution >= 0.6 is 23.2 Å². The summed E-state index contributed by atoms with van der Waals surface area (Å²) >= 11 is 12.1. The summed E-state index contributed by atoms with van der Waals surface area (Å²) < 4.78 is 0. The molecule has 0 aromatic heterocycles. The highest BCUT2D eigenvalue weighted by atomic mass is 35.5. The quantitative estimate of drug-likeness (QED) is 0.829. The molecule has 1 nitrogen and oxygen atoms in total. The van der Waals surface area contributed by atoms with Crippen molar-refractivity contribution in [2.45, 2.75) is 45.6 Å². The smallest absolute Gasteiger partial charge is 0.0453 e. The molecule has 1 fully saturated rings. The molecule has 0 spiro atoms. The van der Waals surface area contributed by atoms with Crippen molar-refractivity contribution in [2.75, 3.05) is 6.54 Å². The Morgan fingerprint density at radius 2 is 2.00 bits per heavy atom. The van der Waals surface area contributed by atoms with Gasteiger partial charge in [0.25, 0.3) is 0 Å². The molecule has 3 heteroatoms. The van der Waals surface area contributed by atoms with Crippen LogP contribution in [0, 0.1) is 11.8 Å². The van der Waals surface area contributed by atoms with Gasteiger partial charge in [0.1, 0.15) is 0 Å². The van der Waals surface area contributed by atoms with E-state index >= 15 is 0 Å². The Morgan fingerprint density at radius 3 is 2.74 bits per heavy atom. The summed E-state index contributed by atoms with van der Waals surface area (Å²) in [6, 6.07) is 6.42. The minimum absolute atomic E-state index is 0.662. The lowest BCUT2D eigenvalue weighted by Crippen LogP contribution is -2.40. The topological polar surface area (TPSA) is 12.0 Å². The van der Waals surface area contributed by atoms with E-state index in [4.69, 9.17) is 23.2 Å². The van der Waals surface area contributed by atoms with Crippen molar-refractivity contribution in [1.82, 2.24) is 5.32 Å². The average Bonchev–Trinajstić information content (AvgIpc) is 2.36. The van der Waals surface area contributed by atoms with E-state index in [1.165, 1.54) is 24.8 Å². The molecule has 0 amide bonds. The Morgan fingerprint density at radius 1 is 1.21 bits per heavy atom. The first-order valence-electron chi connectivity index (χ1n) is 7.23. The molecular weight excluding hydrogens is 277 g/mol. The van der Waals surface area contributed by atoms with E-state index in [1.54, 1.807) is 0 Å². The zero-order valence-electron chi connectivity index (χ0n) is 11.8. The summed E-state index contributed by atoms with van der Waals surface area (Å²) in [6.07, 6.45) is 4.99. The van der Waals surface area contributed by atoms with Gasteiger partial charge in [0, 0.05) is 16.1 Å². The number of hydrogen-bond acceptors (Lipinski definition) is 1. The van der Waals surface area contributed by atoms with Gasteiger partial charge in [0.2, 0.25) is 0 Å². The Balaban J connectivity index is 1.82. The molecule has 1 aliphatic carbocycles. The number of nitrogens with one attached hydrogen (secondary N) is 1. The third-order valence-electron chi connectivity index (χ3n) is 4.27. The number of benzene rings is 1. The van der Waals surface area contributed by atoms with E-state index in [2.05, 4.69) is 19.2 Å². The highest BCUT2D eigenvalue weighted by molar-refractivity contribution is 6.35. The molecule has 1 aromatic carbocycles. The first kappa shape index (κ1) is 15.2. The largest absolute Gasteiger partial charge is 0.313 e. The van der Waals surface area contributed by atoms with Crippen molar-refractivity contribution in [1.29, 1.82) is 0 Å². The van der Waals surface area contributed by atoms with Gasteiger partial charge in [0.05, 0.1) is 0 Å². The van der Waals surface area contributed by atoms with E-state index in [1.807, 2.05) is 18.2 Å². The monoisotopic (exact) mass is 299 g/mol. The van der Waals surface area contributed by atoms with Crippen LogP contribution in [0.15, 0.2) is 18.2 Å². The maximum absolute atomic E-state index is 6.19. The molecule has 19 heavy (non-hydrogen) atoms. The average molecular weight is 300 g/mol. The minimum Gasteiger partial charge on any atom is -0.313 e. The van der Waals surface area contributed by atoms with E-state index in [9.17, 15) is 0 Å². The lowest BCUT2D eigenvalue weighted by atomic mass is 9.80. The lowest BCUT2D eigenvalue weighted by molar-refractivity contribution is 0.230. The second-order valence-corrected chi connectivity index (χ2v) is 6.79. The molecule has 0 saturated heterocycles. The molecular formula is C16H23Cl2N. The van der Waals surface area contributed by atoms with Crippen molar-refractivity contribution < 1.29 is 0 Å². The fourth-order valence-electron chi connectivity index (χ4n) is 2.93. The SMILES string of the molecule is CC1CCC(C)C(NCCc2ccc(Cl)cc2Cl)C1. The zero-order valence-corrected chi connectivity index (χ0v) is 13.3. The van der Waals surface area contributed by atoms with Gasteiger partial charge in [-0.2, -0.15) is 0 Å². The van der Waals surface area contributed by atoms with Crippen LogP contribution in [0.3, 0.4) is 0 Å². The van der Waals surface area contributed by atoms with Crippen molar-refractivity contribution in [3.63, 3.8) is 0 Å². The maximum atomic E-state index is 6.19. The highest BCUT2D eigenvalue weighted by Gasteiger charge is 2.24. The molecule has 0 bridgehead atoms. The summed E-state index contributed by atoms with van der Waals surface area (Å²) in [5.74, 6) is 1.64. The third kappa shape index (κ3) is 4.37. The number of halogens is 2. The van der Waals surface area contributed by atoms with Gasteiger partial charge in [0.15, 0.2) is 0 Å². The second-order valence-electron chi connectivity index (χ2n) is 5.94. The van der Waals surface area contributed by atoms with E-state index < -0.39 is 0 Å². The van der Waals surface area contributed by atoms with Crippen LogP contribution in [0.1, 0.15) is 38.7 Å². The molecule has 1 saturated carbocycles. The minimum atomic E-state index is 0.662. The van der Waals surface area contributed by atoms with Gasteiger partial charge >= 0.3 is 0 Å². The lowest BCUT2D eigenvalue weighted by Gasteiger charge is -2.33. The summed E-state index contributed by atoms with van der Waals surface area (Å²) in [4.78, 5) is 0. The van der Waals surface area contributed by atoms with Gasteiger partial charge in [-0.05, 0) is 55.3 Å². The molecule has 3 unspecified atom stereocenters. The van der Waals surface area contributed by atoms with Gasteiger partial charge in [-0.15, -0.1) is 0 Å². The molecule has 0 heterocycles. The van der Waals surface area contributed by atoms with Gasteiger partial charge < -0.3 is 5.32 Å². The molecule has 106 valence electrons. The maximum Gasteiger partial charge on any atom is 0.0453 e. The first-order chi connectivity index (χ1) is 9.06. The van der Waals surface area contributed by atoms with Gasteiger partial charge in [-0.3, -0.25) is 0 Å². The standard InChI is InChI=1S/C16H23Cl2N/c1-11-3-4-12(2)16(9-11)19-8-7-13-5-6-14(17)10-15(13)18/h5-6,10-12,16,19H,3-4,7-9H2,1-2H3. The van der Waals surface area contributed by atoms with Crippen molar-refractivity contribution in [3.8, 4) is 0 Å². The van der Waals surface area contributed by atoms with Crippen LogP contribution in [-0.2, 0) is 6.42 Å². The van der Waals surface area contributed by atoms with Crippen LogP contribution in [0.4, 0.5) is 0 Å². The van der Waals surface area contributed by atoms with Crippen LogP contribution in [0.25, 0.3) is 0 Å². The van der Waals surface area contributed by atoms with Crippen molar-refractivity contribution in [3.05, 3.63) is 33.8 Å². The molecule has 0 radical (unpaired) electrons. The second kappa shape index (κ2) is 6.97. The third-order valence-corrected chi connectivity index (χ3v) is 4.86. The predicted molar refractivity (Wildman–Crippen MR) is 84.1 cm³/mol. The van der Waals surface area contributed by atoms with Crippen LogP contribution in [0.5, 0.6) is 0 Å². The molecule has 2 rings (SSSR count). The predicted octanol–water partition coefficient (Wildman–Crippen LogP) is 4.95. The first-order valence-corrected chi connectivity index (χ1v) is 7.99. The summed E-state index contributed by atoms with van der Waals surface area (Å²) in [6.45, 7) is 5.71. The van der Waals surface area contributed by atoms with E-state index in [-0.39, 0.29) is 0 Å². The van der Waals surface area contributed by atoms with Gasteiger partial charge in [-0.1, -0.05) is 49.5 Å². The van der Waals surface area contributed by atoms with Crippen LogP contribution in [-0.4, -0.2) is 12.6 Å². The molecule has 1 aromatic rings.